The molecule has 7 atom stereocenters. The van der Waals surface area contributed by atoms with E-state index in [1.165, 1.54) is 31.3 Å². The van der Waals surface area contributed by atoms with Gasteiger partial charge in [0.25, 0.3) is 0 Å². The minimum atomic E-state index is -0.381. The summed E-state index contributed by atoms with van der Waals surface area (Å²) >= 11 is 4.12. The van der Waals surface area contributed by atoms with E-state index in [0.717, 1.165) is 18.8 Å². The fourth-order valence-corrected chi connectivity index (χ4v) is 8.48. The largest absolute Gasteiger partial charge is 0.298 e. The number of fused-ring (bicyclic) bond motifs is 5. The smallest absolute Gasteiger partial charge is 0.151 e. The second kappa shape index (κ2) is 5.32. The van der Waals surface area contributed by atoms with Gasteiger partial charge in [-0.15, -0.1) is 0 Å². The molecule has 0 unspecified atom stereocenters. The lowest BCUT2D eigenvalue weighted by molar-refractivity contribution is -0.138. The minimum Gasteiger partial charge on any atom is -0.298 e. The van der Waals surface area contributed by atoms with Crippen LogP contribution in [0.3, 0.4) is 0 Å². The summed E-state index contributed by atoms with van der Waals surface area (Å²) in [5.74, 6) is 3.09. The lowest BCUT2D eigenvalue weighted by Gasteiger charge is -2.60. The highest BCUT2D eigenvalue weighted by Crippen LogP contribution is 2.70. The van der Waals surface area contributed by atoms with Crippen molar-refractivity contribution in [1.29, 1.82) is 0 Å². The van der Waals surface area contributed by atoms with Gasteiger partial charge in [-0.25, -0.2) is 0 Å². The van der Waals surface area contributed by atoms with Gasteiger partial charge in [0.2, 0.25) is 0 Å². The Morgan fingerprint density at radius 2 is 2.04 bits per heavy atom. The molecule has 0 heterocycles. The quantitative estimate of drug-likeness (QED) is 0.391. The zero-order valence-corrected chi connectivity index (χ0v) is 17.2. The molecule has 0 spiro atoms. The van der Waals surface area contributed by atoms with Gasteiger partial charge in [0, 0.05) is 11.8 Å². The third-order valence-corrected chi connectivity index (χ3v) is 10.3. The third kappa shape index (κ3) is 1.85. The van der Waals surface area contributed by atoms with Crippen LogP contribution in [-0.2, 0) is 4.79 Å². The van der Waals surface area contributed by atoms with Gasteiger partial charge in [0.05, 0.1) is 4.32 Å². The number of carbonyl (C=O) groups is 1. The van der Waals surface area contributed by atoms with E-state index in [4.69, 9.17) is 0 Å². The van der Waals surface area contributed by atoms with Crippen LogP contribution in [0.2, 0.25) is 0 Å². The van der Waals surface area contributed by atoms with Gasteiger partial charge in [0.1, 0.15) is 0 Å². The predicted octanol–water partition coefficient (Wildman–Crippen LogP) is 6.08. The molecule has 0 aromatic heterocycles. The van der Waals surface area contributed by atoms with Crippen LogP contribution in [-0.4, -0.2) is 10.1 Å². The van der Waals surface area contributed by atoms with Gasteiger partial charge in [-0.05, 0) is 54.8 Å². The summed E-state index contributed by atoms with van der Waals surface area (Å²) in [6.45, 7) is 9.49. The van der Waals surface area contributed by atoms with Gasteiger partial charge in [-0.2, -0.15) is 0 Å². The highest BCUT2D eigenvalue weighted by Gasteiger charge is 2.69. The number of rotatable bonds is 1. The van der Waals surface area contributed by atoms with Crippen LogP contribution in [0.4, 0.5) is 0 Å². The Morgan fingerprint density at radius 3 is 2.75 bits per heavy atom. The number of carbonyl (C=O) groups excluding carboxylic acids is 1. The molecule has 0 N–H and O–H groups in total. The van der Waals surface area contributed by atoms with Crippen molar-refractivity contribution >= 4 is 21.7 Å². The molecule has 3 fully saturated rings. The van der Waals surface area contributed by atoms with Crippen molar-refractivity contribution in [3.05, 3.63) is 23.8 Å². The lowest BCUT2D eigenvalue weighted by Crippen LogP contribution is -2.63. The van der Waals surface area contributed by atoms with E-state index in [1.807, 2.05) is 0 Å². The van der Waals surface area contributed by atoms with Crippen LogP contribution in [0.15, 0.2) is 23.8 Å². The molecule has 1 nitrogen and oxygen atoms in total. The van der Waals surface area contributed by atoms with E-state index in [2.05, 4.69) is 61.9 Å². The first-order valence-electron chi connectivity index (χ1n) is 9.88. The molecule has 0 saturated heterocycles. The van der Waals surface area contributed by atoms with Gasteiger partial charge < -0.3 is 0 Å². The summed E-state index contributed by atoms with van der Waals surface area (Å²) < 4.78 is -0.381. The summed E-state index contributed by atoms with van der Waals surface area (Å²) in [5, 5.41) is 0. The van der Waals surface area contributed by atoms with E-state index in [9.17, 15) is 4.79 Å². The second-order valence-corrected chi connectivity index (χ2v) is 10.6. The van der Waals surface area contributed by atoms with Gasteiger partial charge in [-0.3, -0.25) is 4.79 Å². The first kappa shape index (κ1) is 17.1. The van der Waals surface area contributed by atoms with E-state index in [-0.39, 0.29) is 15.2 Å². The predicted molar refractivity (Wildman–Crippen MR) is 103 cm³/mol. The molecule has 0 aromatic carbocycles. The molecule has 0 radical (unpaired) electrons. The van der Waals surface area contributed by atoms with Crippen molar-refractivity contribution in [2.75, 3.05) is 0 Å². The zero-order chi connectivity index (χ0) is 17.3. The van der Waals surface area contributed by atoms with E-state index in [0.29, 0.717) is 23.5 Å². The normalized spacial score (nSPS) is 53.2. The van der Waals surface area contributed by atoms with Crippen LogP contribution in [0, 0.1) is 34.5 Å². The number of alkyl halides is 1. The van der Waals surface area contributed by atoms with Crippen molar-refractivity contribution in [2.24, 2.45) is 34.5 Å². The Balaban J connectivity index is 1.82. The maximum absolute atomic E-state index is 13.6. The maximum atomic E-state index is 13.6. The topological polar surface area (TPSA) is 17.1 Å². The Kier molecular flexibility index (Phi) is 3.78. The molecule has 0 aliphatic heterocycles. The molecular formula is C22H31BrO. The molecular weight excluding hydrogens is 360 g/mol. The Labute approximate surface area is 155 Å². The highest BCUT2D eigenvalue weighted by atomic mass is 79.9. The van der Waals surface area contributed by atoms with Crippen LogP contribution in [0.25, 0.3) is 0 Å². The van der Waals surface area contributed by atoms with Crippen molar-refractivity contribution in [3.8, 4) is 0 Å². The number of hydrogen-bond donors (Lipinski definition) is 0. The molecule has 4 rings (SSSR count). The SMILES string of the molecule is CC[C@H]1[C@@H](C)C[C@H]2[C@@H]3CCC4=CCC=C[C@]4(C)[C@@]3(Br)C(=O)C[C@]12C. The van der Waals surface area contributed by atoms with E-state index < -0.39 is 0 Å². The Morgan fingerprint density at radius 1 is 1.29 bits per heavy atom. The summed E-state index contributed by atoms with van der Waals surface area (Å²) in [6.07, 6.45) is 13.7. The Hall–Kier alpha value is -0.370. The third-order valence-electron chi connectivity index (χ3n) is 8.49. The van der Waals surface area contributed by atoms with Crippen LogP contribution in [0.1, 0.15) is 66.2 Å². The maximum Gasteiger partial charge on any atom is 0.151 e. The monoisotopic (exact) mass is 390 g/mol. The zero-order valence-electron chi connectivity index (χ0n) is 15.6. The van der Waals surface area contributed by atoms with E-state index in [1.54, 1.807) is 0 Å². The average molecular weight is 391 g/mol. The highest BCUT2D eigenvalue weighted by molar-refractivity contribution is 9.10. The fraction of sp³-hybridized carbons (Fsp3) is 0.773. The standard InChI is InChI=1S/C22H31BrO/c1-5-16-14(2)12-18-17-10-9-15-8-6-7-11-21(15,4)22(17,23)19(24)13-20(16,18)3/h7-8,11,14,16-18H,5-6,9-10,12-13H2,1-4H3/t14-,16-,17-,18-,20+,21-,22-/m0/s1. The van der Waals surface area contributed by atoms with Gasteiger partial charge >= 0.3 is 0 Å². The molecule has 0 amide bonds. The number of ketones is 1. The van der Waals surface area contributed by atoms with Crippen molar-refractivity contribution in [2.45, 2.75) is 70.5 Å². The molecule has 2 heteroatoms. The first-order chi connectivity index (χ1) is 11.3. The van der Waals surface area contributed by atoms with Crippen LogP contribution < -0.4 is 0 Å². The fourth-order valence-electron chi connectivity index (χ4n) is 7.41. The minimum absolute atomic E-state index is 0.125. The van der Waals surface area contributed by atoms with Crippen molar-refractivity contribution in [1.82, 2.24) is 0 Å². The number of allylic oxidation sites excluding steroid dienone is 4. The molecule has 24 heavy (non-hydrogen) atoms. The first-order valence-corrected chi connectivity index (χ1v) is 10.7. The number of Topliss-reactive ketones (excluding diaryl/α,β-unsaturated/α-hetero) is 1. The van der Waals surface area contributed by atoms with E-state index >= 15 is 0 Å². The molecule has 4 aliphatic carbocycles. The van der Waals surface area contributed by atoms with Crippen molar-refractivity contribution < 1.29 is 4.79 Å². The molecule has 132 valence electrons. The average Bonchev–Trinajstić information content (AvgIpc) is 2.78. The second-order valence-electron chi connectivity index (χ2n) is 9.37. The van der Waals surface area contributed by atoms with Crippen LogP contribution in [0.5, 0.6) is 0 Å². The summed E-state index contributed by atoms with van der Waals surface area (Å²) in [4.78, 5) is 13.6. The van der Waals surface area contributed by atoms with Gasteiger partial charge in [-0.1, -0.05) is 73.8 Å². The number of halogens is 1. The molecule has 0 bridgehead atoms. The summed E-state index contributed by atoms with van der Waals surface area (Å²) in [7, 11) is 0. The molecule has 4 aliphatic rings. The summed E-state index contributed by atoms with van der Waals surface area (Å²) in [6, 6.07) is 0. The van der Waals surface area contributed by atoms with Crippen LogP contribution >= 0.6 is 15.9 Å². The number of hydrogen-bond acceptors (Lipinski definition) is 1. The molecule has 3 saturated carbocycles. The van der Waals surface area contributed by atoms with Crippen molar-refractivity contribution in [3.63, 3.8) is 0 Å². The Bertz CT molecular complexity index is 634. The van der Waals surface area contributed by atoms with Gasteiger partial charge in [0.15, 0.2) is 5.78 Å². The summed E-state index contributed by atoms with van der Waals surface area (Å²) in [5.41, 5.74) is 1.58. The molecule has 0 aromatic rings. The lowest BCUT2D eigenvalue weighted by atomic mass is 9.47.